The van der Waals surface area contributed by atoms with Crippen molar-refractivity contribution in [1.82, 2.24) is 9.55 Å². The lowest BCUT2D eigenvalue weighted by Crippen LogP contribution is -2.07. The Hall–Kier alpha value is -4.08. The Morgan fingerprint density at radius 3 is 2.48 bits per heavy atom. The summed E-state index contributed by atoms with van der Waals surface area (Å²) in [7, 11) is 0. The number of nitrogens with zero attached hydrogens (tertiary/aromatic N) is 2. The van der Waals surface area contributed by atoms with Crippen LogP contribution in [0.25, 0.3) is 21.8 Å². The largest absolute Gasteiger partial charge is 0.506 e. The first-order valence-electron chi connectivity index (χ1n) is 8.98. The number of benzene rings is 2. The van der Waals surface area contributed by atoms with E-state index in [1.165, 1.54) is 23.0 Å². The number of hydrogen-bond acceptors (Lipinski definition) is 4. The quantitative estimate of drug-likeness (QED) is 0.321. The predicted molar refractivity (Wildman–Crippen MR) is 105 cm³/mol. The Labute approximate surface area is 172 Å². The predicted octanol–water partition coefficient (Wildman–Crippen LogP) is 3.56. The molecular weight excluding hydrogens is 415 g/mol. The Morgan fingerprint density at radius 2 is 1.77 bits per heavy atom. The van der Waals surface area contributed by atoms with Gasteiger partial charge >= 0.3 is 5.97 Å². The van der Waals surface area contributed by atoms with Gasteiger partial charge in [0.1, 0.15) is 5.75 Å². The molecule has 0 aliphatic rings. The van der Waals surface area contributed by atoms with Crippen molar-refractivity contribution >= 4 is 39.9 Å². The zero-order valence-corrected chi connectivity index (χ0v) is 15.7. The van der Waals surface area contributed by atoms with Crippen molar-refractivity contribution in [1.29, 1.82) is 0 Å². The highest BCUT2D eigenvalue weighted by Crippen LogP contribution is 2.40. The van der Waals surface area contributed by atoms with Gasteiger partial charge in [-0.2, -0.15) is 0 Å². The summed E-state index contributed by atoms with van der Waals surface area (Å²) in [6.07, 6.45) is 2.52. The maximum absolute atomic E-state index is 14.3. The minimum Gasteiger partial charge on any atom is -0.506 e. The number of nitrogens with one attached hydrogen (secondary N) is 1. The molecule has 0 unspecified atom stereocenters. The van der Waals surface area contributed by atoms with Crippen LogP contribution in [0.1, 0.15) is 11.1 Å². The molecule has 4 aromatic rings. The summed E-state index contributed by atoms with van der Waals surface area (Å²) in [4.78, 5) is 26.4. The van der Waals surface area contributed by atoms with E-state index in [1.54, 1.807) is 6.07 Å². The van der Waals surface area contributed by atoms with Crippen LogP contribution in [0, 0.1) is 17.5 Å². The molecule has 0 atom stereocenters. The maximum Gasteiger partial charge on any atom is 0.307 e. The molecule has 158 valence electrons. The summed E-state index contributed by atoms with van der Waals surface area (Å²) >= 11 is 0. The summed E-state index contributed by atoms with van der Waals surface area (Å²) in [6.45, 7) is -0.243. The molecule has 0 aliphatic carbocycles. The van der Waals surface area contributed by atoms with Crippen LogP contribution in [-0.2, 0) is 22.6 Å². The number of hydrogen-bond donors (Lipinski definition) is 3. The number of fused-ring (bicyclic) bond motifs is 3. The Morgan fingerprint density at radius 1 is 1.03 bits per heavy atom. The van der Waals surface area contributed by atoms with Crippen LogP contribution in [0.15, 0.2) is 36.7 Å². The van der Waals surface area contributed by atoms with Crippen molar-refractivity contribution in [3.63, 3.8) is 0 Å². The number of pyridine rings is 1. The minimum atomic E-state index is -1.61. The average molecular weight is 429 g/mol. The fraction of sp³-hybridized carbons (Fsp3) is 0.0952. The standard InChI is InChI=1S/C21H14F3N3O4/c22-12-3-1-11(19(23)20(12)24)8-27-13-4-2-10(5-16(30)31)21(26-9-28)18(13)17-14(27)6-25-7-15(17)29/h1-4,6-7,9,29H,5,8H2,(H,26,28)(H,30,31). The lowest BCUT2D eigenvalue weighted by molar-refractivity contribution is -0.136. The molecule has 0 saturated carbocycles. The van der Waals surface area contributed by atoms with E-state index in [1.807, 2.05) is 0 Å². The number of halogens is 3. The van der Waals surface area contributed by atoms with Gasteiger partial charge in [-0.1, -0.05) is 12.1 Å². The zero-order chi connectivity index (χ0) is 22.3. The molecule has 3 N–H and O–H groups in total. The highest BCUT2D eigenvalue weighted by molar-refractivity contribution is 6.18. The van der Waals surface area contributed by atoms with Gasteiger partial charge in [0.25, 0.3) is 0 Å². The van der Waals surface area contributed by atoms with Crippen molar-refractivity contribution < 1.29 is 33.0 Å². The van der Waals surface area contributed by atoms with Crippen LogP contribution in [0.4, 0.5) is 18.9 Å². The molecule has 2 aromatic heterocycles. The van der Waals surface area contributed by atoms with Crippen LogP contribution < -0.4 is 5.32 Å². The van der Waals surface area contributed by atoms with Crippen molar-refractivity contribution in [2.75, 3.05) is 5.32 Å². The molecule has 0 bridgehead atoms. The summed E-state index contributed by atoms with van der Waals surface area (Å²) in [6, 6.07) is 4.93. The summed E-state index contributed by atoms with van der Waals surface area (Å²) < 4.78 is 42.9. The normalized spacial score (nSPS) is 11.2. The van der Waals surface area contributed by atoms with Gasteiger partial charge in [-0.25, -0.2) is 13.2 Å². The molecule has 0 radical (unpaired) electrons. The molecule has 0 fully saturated rings. The minimum absolute atomic E-state index is 0.152. The van der Waals surface area contributed by atoms with E-state index < -0.39 is 29.8 Å². The van der Waals surface area contributed by atoms with E-state index >= 15 is 0 Å². The third-order valence-electron chi connectivity index (χ3n) is 5.00. The molecule has 0 saturated heterocycles. The van der Waals surface area contributed by atoms with Crippen molar-refractivity contribution in [2.24, 2.45) is 0 Å². The van der Waals surface area contributed by atoms with Crippen LogP contribution in [0.2, 0.25) is 0 Å². The van der Waals surface area contributed by atoms with Gasteiger partial charge in [-0.3, -0.25) is 14.6 Å². The van der Waals surface area contributed by atoms with E-state index in [0.29, 0.717) is 22.8 Å². The number of aromatic nitrogens is 2. The average Bonchev–Trinajstić information content (AvgIpc) is 3.05. The SMILES string of the molecule is O=CNc1c(CC(=O)O)ccc2c1c1c(O)cncc1n2Cc1ccc(F)c(F)c1F. The van der Waals surface area contributed by atoms with E-state index in [0.717, 1.165) is 12.1 Å². The lowest BCUT2D eigenvalue weighted by Gasteiger charge is -2.12. The number of rotatable bonds is 6. The fourth-order valence-electron chi connectivity index (χ4n) is 3.70. The number of aliphatic carboxylic acids is 1. The molecular formula is C21H14F3N3O4. The van der Waals surface area contributed by atoms with Crippen molar-refractivity contribution in [3.8, 4) is 5.75 Å². The van der Waals surface area contributed by atoms with Gasteiger partial charge in [-0.15, -0.1) is 0 Å². The van der Waals surface area contributed by atoms with Crippen LogP contribution in [-0.4, -0.2) is 32.1 Å². The number of carbonyl (C=O) groups excluding carboxylic acids is 1. The Bertz CT molecular complexity index is 1370. The number of carbonyl (C=O) groups is 2. The Kier molecular flexibility index (Phi) is 4.97. The molecule has 2 heterocycles. The number of carboxylic acid groups (broad SMARTS) is 1. The highest BCUT2D eigenvalue weighted by Gasteiger charge is 2.22. The van der Waals surface area contributed by atoms with E-state index in [2.05, 4.69) is 10.3 Å². The molecule has 0 aliphatic heterocycles. The van der Waals surface area contributed by atoms with Crippen molar-refractivity contribution in [3.05, 3.63) is 65.2 Å². The molecule has 10 heteroatoms. The third kappa shape index (κ3) is 3.31. The lowest BCUT2D eigenvalue weighted by atomic mass is 10.0. The maximum atomic E-state index is 14.3. The van der Waals surface area contributed by atoms with Gasteiger partial charge in [0, 0.05) is 10.9 Å². The van der Waals surface area contributed by atoms with Gasteiger partial charge < -0.3 is 20.1 Å². The number of carboxylic acids is 1. The number of aromatic hydroxyl groups is 1. The van der Waals surface area contributed by atoms with E-state index in [4.69, 9.17) is 0 Å². The first-order chi connectivity index (χ1) is 14.8. The van der Waals surface area contributed by atoms with Gasteiger partial charge in [0.05, 0.1) is 47.5 Å². The molecule has 1 amide bonds. The van der Waals surface area contributed by atoms with E-state index in [-0.39, 0.29) is 34.5 Å². The molecule has 7 nitrogen and oxygen atoms in total. The topological polar surface area (TPSA) is 104 Å². The van der Waals surface area contributed by atoms with Gasteiger partial charge in [0.2, 0.25) is 6.41 Å². The third-order valence-corrected chi connectivity index (χ3v) is 5.00. The van der Waals surface area contributed by atoms with Crippen LogP contribution in [0.3, 0.4) is 0 Å². The van der Waals surface area contributed by atoms with Gasteiger partial charge in [-0.05, 0) is 17.7 Å². The fourth-order valence-corrected chi connectivity index (χ4v) is 3.70. The zero-order valence-electron chi connectivity index (χ0n) is 15.7. The highest BCUT2D eigenvalue weighted by atomic mass is 19.2. The second kappa shape index (κ2) is 7.63. The first-order valence-corrected chi connectivity index (χ1v) is 8.98. The second-order valence-corrected chi connectivity index (χ2v) is 6.80. The van der Waals surface area contributed by atoms with Crippen molar-refractivity contribution in [2.45, 2.75) is 13.0 Å². The second-order valence-electron chi connectivity index (χ2n) is 6.80. The van der Waals surface area contributed by atoms with Crippen LogP contribution in [0.5, 0.6) is 5.75 Å². The number of amides is 1. The molecule has 2 aromatic carbocycles. The Balaban J connectivity index is 2.05. The smallest absolute Gasteiger partial charge is 0.307 e. The first kappa shape index (κ1) is 20.2. The van der Waals surface area contributed by atoms with Crippen LogP contribution >= 0.6 is 0 Å². The summed E-state index contributed by atoms with van der Waals surface area (Å²) in [5.41, 5.74) is 0.995. The number of anilines is 1. The molecule has 31 heavy (non-hydrogen) atoms. The molecule has 4 rings (SSSR count). The summed E-state index contributed by atoms with van der Waals surface area (Å²) in [5, 5.41) is 22.7. The monoisotopic (exact) mass is 429 g/mol. The van der Waals surface area contributed by atoms with Gasteiger partial charge in [0.15, 0.2) is 17.5 Å². The van der Waals surface area contributed by atoms with E-state index in [9.17, 15) is 33.0 Å². The summed E-state index contributed by atoms with van der Waals surface area (Å²) in [5.74, 6) is -5.66. The molecule has 0 spiro atoms.